The number of nitrogens with zero attached hydrogens (tertiary/aromatic N) is 1. The zero-order valence-electron chi connectivity index (χ0n) is 10.2. The van der Waals surface area contributed by atoms with E-state index in [1.165, 1.54) is 4.57 Å². The second-order valence-corrected chi connectivity index (χ2v) is 5.91. The molecule has 5 heteroatoms. The van der Waals surface area contributed by atoms with Gasteiger partial charge in [0.2, 0.25) is 0 Å². The Balaban J connectivity index is 2.24. The summed E-state index contributed by atoms with van der Waals surface area (Å²) in [6, 6.07) is 5.52. The number of hydrogen-bond donors (Lipinski definition) is 0. The van der Waals surface area contributed by atoms with Crippen LogP contribution in [0.25, 0.3) is 10.9 Å². The van der Waals surface area contributed by atoms with Gasteiger partial charge in [0, 0.05) is 21.1 Å². The number of aromatic nitrogens is 1. The van der Waals surface area contributed by atoms with Gasteiger partial charge in [-0.05, 0) is 49.4 Å². The van der Waals surface area contributed by atoms with E-state index in [1.54, 1.807) is 12.1 Å². The van der Waals surface area contributed by atoms with Gasteiger partial charge < -0.3 is 4.57 Å². The predicted octanol–water partition coefficient (Wildman–Crippen LogP) is 4.84. The van der Waals surface area contributed by atoms with Crippen LogP contribution in [0.4, 0.5) is 13.2 Å². The fourth-order valence-electron chi connectivity index (χ4n) is 2.97. The van der Waals surface area contributed by atoms with Crippen molar-refractivity contribution in [1.29, 1.82) is 0 Å². The van der Waals surface area contributed by atoms with Gasteiger partial charge in [-0.3, -0.25) is 0 Å². The zero-order chi connectivity index (χ0) is 13.6. The van der Waals surface area contributed by atoms with Crippen LogP contribution in [0.3, 0.4) is 0 Å². The van der Waals surface area contributed by atoms with E-state index < -0.39 is 12.7 Å². The van der Waals surface area contributed by atoms with Gasteiger partial charge in [-0.15, -0.1) is 0 Å². The summed E-state index contributed by atoms with van der Waals surface area (Å²) in [7, 11) is 0. The molecule has 2 aromatic rings. The van der Waals surface area contributed by atoms with Crippen LogP contribution in [0.2, 0.25) is 0 Å². The molecule has 1 aliphatic carbocycles. The minimum Gasteiger partial charge on any atom is -0.335 e. The van der Waals surface area contributed by atoms with Crippen LogP contribution in [0, 0.1) is 0 Å². The van der Waals surface area contributed by atoms with Crippen LogP contribution in [0.5, 0.6) is 0 Å². The third-order valence-electron chi connectivity index (χ3n) is 3.68. The van der Waals surface area contributed by atoms with Gasteiger partial charge in [0.25, 0.3) is 0 Å². The van der Waals surface area contributed by atoms with Gasteiger partial charge in [0.05, 0.1) is 0 Å². The van der Waals surface area contributed by atoms with E-state index in [4.69, 9.17) is 0 Å². The van der Waals surface area contributed by atoms with Crippen LogP contribution in [0.15, 0.2) is 22.7 Å². The molecule has 1 nitrogen and oxygen atoms in total. The summed E-state index contributed by atoms with van der Waals surface area (Å²) in [6.45, 7) is -0.888. The predicted molar refractivity (Wildman–Crippen MR) is 72.3 cm³/mol. The van der Waals surface area contributed by atoms with Gasteiger partial charge >= 0.3 is 6.18 Å². The van der Waals surface area contributed by atoms with Crippen molar-refractivity contribution in [3.05, 3.63) is 33.9 Å². The van der Waals surface area contributed by atoms with Crippen molar-refractivity contribution in [2.75, 3.05) is 0 Å². The molecule has 0 saturated carbocycles. The highest BCUT2D eigenvalue weighted by Gasteiger charge is 2.31. The molecule has 102 valence electrons. The molecule has 0 bridgehead atoms. The van der Waals surface area contributed by atoms with Crippen LogP contribution < -0.4 is 0 Å². The standard InChI is InChI=1S/C14H13BrF3N/c15-9-5-6-13-11(7-9)10-3-1-2-4-12(10)19(13)8-14(16,17)18/h5-7H,1-4,8H2. The summed E-state index contributed by atoms with van der Waals surface area (Å²) < 4.78 is 40.7. The van der Waals surface area contributed by atoms with E-state index in [9.17, 15) is 13.2 Å². The first-order valence-electron chi connectivity index (χ1n) is 6.32. The van der Waals surface area contributed by atoms with Crippen LogP contribution in [-0.2, 0) is 19.4 Å². The number of halogens is 4. The van der Waals surface area contributed by atoms with Crippen LogP contribution in [-0.4, -0.2) is 10.7 Å². The Morgan fingerprint density at radius 1 is 1.16 bits per heavy atom. The molecule has 1 aromatic heterocycles. The van der Waals surface area contributed by atoms with E-state index in [1.807, 2.05) is 6.07 Å². The first-order chi connectivity index (χ1) is 8.96. The Morgan fingerprint density at radius 3 is 2.63 bits per heavy atom. The van der Waals surface area contributed by atoms with E-state index in [-0.39, 0.29) is 0 Å². The molecule has 0 aliphatic heterocycles. The lowest BCUT2D eigenvalue weighted by atomic mass is 9.95. The minimum absolute atomic E-state index is 0.701. The number of aryl methyl sites for hydroxylation is 1. The zero-order valence-corrected chi connectivity index (χ0v) is 11.8. The molecule has 0 radical (unpaired) electrons. The molecular weight excluding hydrogens is 319 g/mol. The lowest BCUT2D eigenvalue weighted by Gasteiger charge is -2.17. The van der Waals surface area contributed by atoms with Crippen molar-refractivity contribution >= 4 is 26.8 Å². The van der Waals surface area contributed by atoms with E-state index >= 15 is 0 Å². The summed E-state index contributed by atoms with van der Waals surface area (Å²) in [5, 5.41) is 0.966. The second-order valence-electron chi connectivity index (χ2n) is 5.00. The van der Waals surface area contributed by atoms with E-state index in [0.29, 0.717) is 5.52 Å². The Bertz CT molecular complexity index is 628. The Morgan fingerprint density at radius 2 is 1.89 bits per heavy atom. The topological polar surface area (TPSA) is 4.93 Å². The number of benzene rings is 1. The Labute approximate surface area is 117 Å². The van der Waals surface area contributed by atoms with E-state index in [0.717, 1.165) is 46.8 Å². The average molecular weight is 332 g/mol. The van der Waals surface area contributed by atoms with Crippen LogP contribution >= 0.6 is 15.9 Å². The Hall–Kier alpha value is -0.970. The highest BCUT2D eigenvalue weighted by atomic mass is 79.9. The number of fused-ring (bicyclic) bond motifs is 3. The highest BCUT2D eigenvalue weighted by molar-refractivity contribution is 9.10. The minimum atomic E-state index is -4.18. The molecule has 3 rings (SSSR count). The summed E-state index contributed by atoms with van der Waals surface area (Å²) in [5.41, 5.74) is 2.68. The molecule has 19 heavy (non-hydrogen) atoms. The summed E-state index contributed by atoms with van der Waals surface area (Å²) in [5.74, 6) is 0. The second kappa shape index (κ2) is 4.54. The number of alkyl halides is 3. The SMILES string of the molecule is FC(F)(F)Cn1c2c(c3cc(Br)ccc31)CCCC2. The van der Waals surface area contributed by atoms with Crippen LogP contribution in [0.1, 0.15) is 24.1 Å². The molecule has 0 amide bonds. The van der Waals surface area contributed by atoms with Crippen molar-refractivity contribution in [1.82, 2.24) is 4.57 Å². The first kappa shape index (κ1) is 13.0. The summed E-state index contributed by atoms with van der Waals surface area (Å²) in [4.78, 5) is 0. The van der Waals surface area contributed by atoms with Gasteiger partial charge in [-0.25, -0.2) is 0 Å². The lowest BCUT2D eigenvalue weighted by molar-refractivity contribution is -0.140. The molecule has 0 saturated heterocycles. The maximum Gasteiger partial charge on any atom is 0.406 e. The third-order valence-corrected chi connectivity index (χ3v) is 4.17. The molecular formula is C14H13BrF3N. The largest absolute Gasteiger partial charge is 0.406 e. The fourth-order valence-corrected chi connectivity index (χ4v) is 3.33. The maximum absolute atomic E-state index is 12.8. The molecule has 1 aromatic carbocycles. The average Bonchev–Trinajstić information content (AvgIpc) is 2.62. The van der Waals surface area contributed by atoms with Crippen molar-refractivity contribution in [3.63, 3.8) is 0 Å². The van der Waals surface area contributed by atoms with Gasteiger partial charge in [-0.1, -0.05) is 15.9 Å². The molecule has 0 fully saturated rings. The van der Waals surface area contributed by atoms with Gasteiger partial charge in [0.1, 0.15) is 6.54 Å². The van der Waals surface area contributed by atoms with Gasteiger partial charge in [0.15, 0.2) is 0 Å². The monoisotopic (exact) mass is 331 g/mol. The number of hydrogen-bond acceptors (Lipinski definition) is 0. The summed E-state index contributed by atoms with van der Waals surface area (Å²) in [6.07, 6.45) is -0.512. The lowest BCUT2D eigenvalue weighted by Crippen LogP contribution is -2.20. The van der Waals surface area contributed by atoms with Crippen molar-refractivity contribution in [2.45, 2.75) is 38.4 Å². The molecule has 0 atom stereocenters. The van der Waals surface area contributed by atoms with Crippen molar-refractivity contribution in [3.8, 4) is 0 Å². The molecule has 0 spiro atoms. The maximum atomic E-state index is 12.8. The molecule has 1 heterocycles. The van der Waals surface area contributed by atoms with Crippen molar-refractivity contribution < 1.29 is 13.2 Å². The quantitative estimate of drug-likeness (QED) is 0.704. The summed E-state index contributed by atoms with van der Waals surface area (Å²) >= 11 is 3.40. The smallest absolute Gasteiger partial charge is 0.335 e. The third kappa shape index (κ3) is 2.40. The Kier molecular flexibility index (Phi) is 3.12. The van der Waals surface area contributed by atoms with Gasteiger partial charge in [-0.2, -0.15) is 13.2 Å². The molecule has 1 aliphatic rings. The van der Waals surface area contributed by atoms with E-state index in [2.05, 4.69) is 15.9 Å². The first-order valence-corrected chi connectivity index (χ1v) is 7.11. The molecule has 0 N–H and O–H groups in total. The molecule has 0 unspecified atom stereocenters. The number of rotatable bonds is 1. The van der Waals surface area contributed by atoms with Crippen molar-refractivity contribution in [2.24, 2.45) is 0 Å². The highest BCUT2D eigenvalue weighted by Crippen LogP contribution is 2.35. The normalized spacial score (nSPS) is 15.8. The fraction of sp³-hybridized carbons (Fsp3) is 0.429.